The largest absolute Gasteiger partial charge is 0.326 e. The molecule has 0 radical (unpaired) electrons. The normalized spacial score (nSPS) is 18.0. The number of benzene rings is 3. The number of anilines is 2. The van der Waals surface area contributed by atoms with Crippen LogP contribution in [-0.4, -0.2) is 16.1 Å². The van der Waals surface area contributed by atoms with Crippen molar-refractivity contribution < 1.29 is 18.4 Å². The van der Waals surface area contributed by atoms with Gasteiger partial charge in [0.05, 0.1) is 22.2 Å². The number of carbonyl (C=O) groups excluding carboxylic acids is 2. The van der Waals surface area contributed by atoms with Gasteiger partial charge in [-0.25, -0.2) is 8.78 Å². The Hall–Kier alpha value is -2.09. The third-order valence-electron chi connectivity index (χ3n) is 5.81. The summed E-state index contributed by atoms with van der Waals surface area (Å²) in [5, 5.41) is 6.13. The van der Waals surface area contributed by atoms with Gasteiger partial charge in [0.25, 0.3) is 5.91 Å². The van der Waals surface area contributed by atoms with Crippen molar-refractivity contribution in [2.75, 3.05) is 10.6 Å². The smallest absolute Gasteiger partial charge is 0.258 e. The number of rotatable bonds is 6. The second kappa shape index (κ2) is 10.3. The molecule has 0 aliphatic heterocycles. The summed E-state index contributed by atoms with van der Waals surface area (Å²) < 4.78 is 26.5. The molecule has 1 saturated carbocycles. The Bertz CT molecular complexity index is 1360. The van der Waals surface area contributed by atoms with E-state index in [2.05, 4.69) is 10.6 Å². The highest BCUT2D eigenvalue weighted by atomic mass is 35.5. The fourth-order valence-corrected chi connectivity index (χ4v) is 5.62. The maximum absolute atomic E-state index is 14.4. The molecular formula is C25H17Cl5F2N2O2. The lowest BCUT2D eigenvalue weighted by atomic mass is 10.0. The summed E-state index contributed by atoms with van der Waals surface area (Å²) in [5.74, 6) is -4.40. The number of hydrogen-bond donors (Lipinski definition) is 2. The minimum atomic E-state index is -1.38. The first-order valence-electron chi connectivity index (χ1n) is 10.7. The van der Waals surface area contributed by atoms with E-state index in [1.807, 2.05) is 0 Å². The van der Waals surface area contributed by atoms with Crippen molar-refractivity contribution in [1.82, 2.24) is 0 Å². The minimum Gasteiger partial charge on any atom is -0.326 e. The highest BCUT2D eigenvalue weighted by Gasteiger charge is 2.67. The Morgan fingerprint density at radius 3 is 2.25 bits per heavy atom. The Morgan fingerprint density at radius 1 is 0.944 bits per heavy atom. The van der Waals surface area contributed by atoms with E-state index in [9.17, 15) is 18.4 Å². The van der Waals surface area contributed by atoms with Gasteiger partial charge >= 0.3 is 0 Å². The van der Waals surface area contributed by atoms with Crippen LogP contribution < -0.4 is 10.6 Å². The Kier molecular flexibility index (Phi) is 7.75. The van der Waals surface area contributed by atoms with Gasteiger partial charge < -0.3 is 10.6 Å². The fraction of sp³-hybridized carbons (Fsp3) is 0.200. The lowest BCUT2D eigenvalue weighted by Gasteiger charge is -2.13. The standard InChI is InChI=1S/C25H17Cl5F2N2O2/c1-2-11-7-15(31)9-18(32)20(11)23(35)34-19-10-16(3-4-17(19)28)33-24(36)22-21(25(22,29)30)12-5-13(26)8-14(27)6-12/h3-10,21-22H,2H2,1H3,(H,33,36)(H,34,35). The van der Waals surface area contributed by atoms with Gasteiger partial charge in [0.2, 0.25) is 5.91 Å². The molecule has 3 aromatic carbocycles. The van der Waals surface area contributed by atoms with Crippen LogP contribution in [0.3, 0.4) is 0 Å². The van der Waals surface area contributed by atoms with Crippen molar-refractivity contribution in [1.29, 1.82) is 0 Å². The van der Waals surface area contributed by atoms with Gasteiger partial charge in [-0.15, -0.1) is 23.2 Å². The maximum atomic E-state index is 14.4. The Labute approximate surface area is 230 Å². The second-order valence-electron chi connectivity index (χ2n) is 8.25. The van der Waals surface area contributed by atoms with E-state index >= 15 is 0 Å². The molecule has 3 aromatic rings. The van der Waals surface area contributed by atoms with Gasteiger partial charge in [-0.05, 0) is 60.0 Å². The molecule has 0 saturated heterocycles. The maximum Gasteiger partial charge on any atom is 0.258 e. The van der Waals surface area contributed by atoms with E-state index in [1.165, 1.54) is 18.2 Å². The highest BCUT2D eigenvalue weighted by molar-refractivity contribution is 6.53. The minimum absolute atomic E-state index is 0.113. The molecule has 2 atom stereocenters. The summed E-state index contributed by atoms with van der Waals surface area (Å²) >= 11 is 31.1. The summed E-state index contributed by atoms with van der Waals surface area (Å²) in [6.07, 6.45) is 0.236. The van der Waals surface area contributed by atoms with Crippen molar-refractivity contribution in [3.8, 4) is 0 Å². The van der Waals surface area contributed by atoms with Crippen LogP contribution >= 0.6 is 58.0 Å². The van der Waals surface area contributed by atoms with Crippen molar-refractivity contribution in [3.63, 3.8) is 0 Å². The zero-order chi connectivity index (χ0) is 26.4. The summed E-state index contributed by atoms with van der Waals surface area (Å²) in [6.45, 7) is 1.67. The van der Waals surface area contributed by atoms with Crippen molar-refractivity contribution in [3.05, 3.63) is 91.9 Å². The number of carbonyl (C=O) groups is 2. The molecule has 0 heterocycles. The molecule has 4 nitrogen and oxygen atoms in total. The van der Waals surface area contributed by atoms with Crippen LogP contribution in [0.2, 0.25) is 15.1 Å². The molecule has 188 valence electrons. The molecule has 4 rings (SSSR count). The van der Waals surface area contributed by atoms with Crippen LogP contribution in [0.5, 0.6) is 0 Å². The molecule has 0 spiro atoms. The van der Waals surface area contributed by atoms with E-state index < -0.39 is 39.6 Å². The number of hydrogen-bond acceptors (Lipinski definition) is 2. The fourth-order valence-electron chi connectivity index (χ4n) is 4.09. The van der Waals surface area contributed by atoms with Crippen molar-refractivity contribution >= 4 is 81.2 Å². The Balaban J connectivity index is 1.53. The molecule has 2 N–H and O–H groups in total. The molecule has 0 aromatic heterocycles. The van der Waals surface area contributed by atoms with Gasteiger partial charge in [-0.3, -0.25) is 9.59 Å². The van der Waals surface area contributed by atoms with Crippen LogP contribution in [0.4, 0.5) is 20.2 Å². The number of nitrogens with one attached hydrogen (secondary N) is 2. The van der Waals surface area contributed by atoms with Gasteiger partial charge in [-0.2, -0.15) is 0 Å². The molecule has 11 heteroatoms. The third kappa shape index (κ3) is 5.43. The predicted molar refractivity (Wildman–Crippen MR) is 141 cm³/mol. The van der Waals surface area contributed by atoms with Gasteiger partial charge in [0, 0.05) is 27.7 Å². The molecule has 2 amide bonds. The second-order valence-corrected chi connectivity index (χ2v) is 11.0. The predicted octanol–water partition coefficient (Wildman–Crippen LogP) is 8.27. The zero-order valence-corrected chi connectivity index (χ0v) is 22.2. The number of amides is 2. The molecule has 1 fully saturated rings. The van der Waals surface area contributed by atoms with E-state index in [0.29, 0.717) is 21.7 Å². The van der Waals surface area contributed by atoms with Crippen LogP contribution in [-0.2, 0) is 11.2 Å². The van der Waals surface area contributed by atoms with E-state index in [0.717, 1.165) is 6.07 Å². The first-order valence-corrected chi connectivity index (χ1v) is 12.5. The molecule has 2 unspecified atom stereocenters. The van der Waals surface area contributed by atoms with Gasteiger partial charge in [0.1, 0.15) is 16.0 Å². The SMILES string of the molecule is CCc1cc(F)cc(F)c1C(=O)Nc1cc(NC(=O)C2C(c3cc(Cl)cc(Cl)c3)C2(Cl)Cl)ccc1Cl. The van der Waals surface area contributed by atoms with Gasteiger partial charge in [0.15, 0.2) is 0 Å². The van der Waals surface area contributed by atoms with Crippen LogP contribution in [0.15, 0.2) is 48.5 Å². The summed E-state index contributed by atoms with van der Waals surface area (Å²) in [4.78, 5) is 25.8. The summed E-state index contributed by atoms with van der Waals surface area (Å²) in [5.41, 5.74) is 0.928. The zero-order valence-electron chi connectivity index (χ0n) is 18.4. The topological polar surface area (TPSA) is 58.2 Å². The Morgan fingerprint density at radius 2 is 1.61 bits per heavy atom. The van der Waals surface area contributed by atoms with Crippen LogP contribution in [0, 0.1) is 17.6 Å². The number of aryl methyl sites for hydroxylation is 1. The molecular weight excluding hydrogens is 576 g/mol. The van der Waals surface area contributed by atoms with E-state index in [1.54, 1.807) is 25.1 Å². The van der Waals surface area contributed by atoms with Crippen molar-refractivity contribution in [2.45, 2.75) is 23.6 Å². The summed E-state index contributed by atoms with van der Waals surface area (Å²) in [6, 6.07) is 10.9. The van der Waals surface area contributed by atoms with E-state index in [-0.39, 0.29) is 33.9 Å². The highest BCUT2D eigenvalue weighted by Crippen LogP contribution is 2.65. The third-order valence-corrected chi connectivity index (χ3v) is 7.51. The molecule has 1 aliphatic rings. The molecule has 1 aliphatic carbocycles. The average Bonchev–Trinajstić information content (AvgIpc) is 3.36. The lowest BCUT2D eigenvalue weighted by Crippen LogP contribution is -2.19. The molecule has 0 bridgehead atoms. The van der Waals surface area contributed by atoms with Gasteiger partial charge in [-0.1, -0.05) is 41.7 Å². The van der Waals surface area contributed by atoms with Crippen molar-refractivity contribution in [2.24, 2.45) is 5.92 Å². The van der Waals surface area contributed by atoms with Crippen LogP contribution in [0.1, 0.15) is 34.3 Å². The first kappa shape index (κ1) is 27.0. The number of halogens is 7. The quantitative estimate of drug-likeness (QED) is 0.283. The van der Waals surface area contributed by atoms with E-state index in [4.69, 9.17) is 58.0 Å². The summed E-state index contributed by atoms with van der Waals surface area (Å²) in [7, 11) is 0. The molecule has 36 heavy (non-hydrogen) atoms. The van der Waals surface area contributed by atoms with Crippen LogP contribution in [0.25, 0.3) is 0 Å². The number of alkyl halides is 2. The first-order chi connectivity index (χ1) is 16.9. The lowest BCUT2D eigenvalue weighted by molar-refractivity contribution is -0.117. The average molecular weight is 593 g/mol. The monoisotopic (exact) mass is 590 g/mol.